The van der Waals surface area contributed by atoms with Crippen molar-refractivity contribution in [2.24, 2.45) is 0 Å². The van der Waals surface area contributed by atoms with Crippen LogP contribution in [0.3, 0.4) is 0 Å². The number of rotatable bonds is 5. The van der Waals surface area contributed by atoms with Crippen molar-refractivity contribution >= 4 is 29.1 Å². The van der Waals surface area contributed by atoms with E-state index in [4.69, 9.17) is 11.6 Å². The van der Waals surface area contributed by atoms with E-state index < -0.39 is 0 Å². The molecule has 1 aliphatic heterocycles. The van der Waals surface area contributed by atoms with Crippen LogP contribution in [0, 0.1) is 0 Å². The highest BCUT2D eigenvalue weighted by Crippen LogP contribution is 2.28. The molecule has 1 aliphatic rings. The summed E-state index contributed by atoms with van der Waals surface area (Å²) >= 11 is 5.88. The molecule has 1 fully saturated rings. The van der Waals surface area contributed by atoms with Crippen LogP contribution < -0.4 is 4.90 Å². The molecule has 2 rings (SSSR count). The standard InChI is InChI=1S/C16H21ClN2O2/c1-3-4-11-18(2)16(21)14-9-10-15(20)19(14)13-7-5-12(17)6-8-13/h5-8,14H,3-4,9-11H2,1-2H3. The third-order valence-corrected chi connectivity index (χ3v) is 4.08. The van der Waals surface area contributed by atoms with Gasteiger partial charge in [0.1, 0.15) is 6.04 Å². The number of halogens is 1. The largest absolute Gasteiger partial charge is 0.344 e. The summed E-state index contributed by atoms with van der Waals surface area (Å²) in [6.45, 7) is 2.83. The second kappa shape index (κ2) is 6.94. The number of unbranched alkanes of at least 4 members (excludes halogenated alkanes) is 1. The summed E-state index contributed by atoms with van der Waals surface area (Å²) in [4.78, 5) is 28.0. The number of amides is 2. The molecule has 0 bridgehead atoms. The lowest BCUT2D eigenvalue weighted by atomic mass is 10.1. The minimum Gasteiger partial charge on any atom is -0.344 e. The molecule has 21 heavy (non-hydrogen) atoms. The summed E-state index contributed by atoms with van der Waals surface area (Å²) in [6.07, 6.45) is 3.02. The first-order valence-corrected chi connectivity index (χ1v) is 7.75. The molecular formula is C16H21ClN2O2. The van der Waals surface area contributed by atoms with Gasteiger partial charge in [0.15, 0.2) is 0 Å². The van der Waals surface area contributed by atoms with Crippen molar-refractivity contribution in [1.82, 2.24) is 4.90 Å². The molecule has 1 unspecified atom stereocenters. The predicted octanol–water partition coefficient (Wildman–Crippen LogP) is 3.09. The van der Waals surface area contributed by atoms with Gasteiger partial charge in [0.25, 0.3) is 0 Å². The first-order chi connectivity index (χ1) is 10.0. The maximum atomic E-state index is 12.6. The fraction of sp³-hybridized carbons (Fsp3) is 0.500. The van der Waals surface area contributed by atoms with Crippen molar-refractivity contribution in [3.8, 4) is 0 Å². The summed E-state index contributed by atoms with van der Waals surface area (Å²) in [5, 5.41) is 0.619. The van der Waals surface area contributed by atoms with Crippen molar-refractivity contribution < 1.29 is 9.59 Å². The van der Waals surface area contributed by atoms with Gasteiger partial charge in [0, 0.05) is 30.7 Å². The van der Waals surface area contributed by atoms with Crippen LogP contribution in [0.4, 0.5) is 5.69 Å². The van der Waals surface area contributed by atoms with Crippen LogP contribution in [0.15, 0.2) is 24.3 Å². The molecule has 1 atom stereocenters. The number of hydrogen-bond acceptors (Lipinski definition) is 2. The molecule has 4 nitrogen and oxygen atoms in total. The fourth-order valence-corrected chi connectivity index (χ4v) is 2.73. The predicted molar refractivity (Wildman–Crippen MR) is 84.5 cm³/mol. The number of likely N-dealkylation sites (N-methyl/N-ethyl adjacent to an activating group) is 1. The van der Waals surface area contributed by atoms with Crippen LogP contribution in [-0.4, -0.2) is 36.3 Å². The van der Waals surface area contributed by atoms with Crippen molar-refractivity contribution in [3.05, 3.63) is 29.3 Å². The van der Waals surface area contributed by atoms with Gasteiger partial charge in [-0.15, -0.1) is 0 Å². The Labute approximate surface area is 130 Å². The fourth-order valence-electron chi connectivity index (χ4n) is 2.60. The number of benzene rings is 1. The molecule has 0 saturated carbocycles. The quantitative estimate of drug-likeness (QED) is 0.838. The van der Waals surface area contributed by atoms with Crippen LogP contribution in [0.5, 0.6) is 0 Å². The average molecular weight is 309 g/mol. The van der Waals surface area contributed by atoms with Gasteiger partial charge in [0.2, 0.25) is 11.8 Å². The molecular weight excluding hydrogens is 288 g/mol. The molecule has 0 radical (unpaired) electrons. The van der Waals surface area contributed by atoms with Crippen molar-refractivity contribution in [2.45, 2.75) is 38.6 Å². The Hall–Kier alpha value is -1.55. The topological polar surface area (TPSA) is 40.6 Å². The highest BCUT2D eigenvalue weighted by atomic mass is 35.5. The molecule has 114 valence electrons. The third-order valence-electron chi connectivity index (χ3n) is 3.83. The monoisotopic (exact) mass is 308 g/mol. The molecule has 2 amide bonds. The van der Waals surface area contributed by atoms with Crippen molar-refractivity contribution in [2.75, 3.05) is 18.5 Å². The number of anilines is 1. The number of carbonyl (C=O) groups excluding carboxylic acids is 2. The summed E-state index contributed by atoms with van der Waals surface area (Å²) in [6, 6.07) is 6.67. The van der Waals surface area contributed by atoms with Crippen LogP contribution in [-0.2, 0) is 9.59 Å². The Balaban J connectivity index is 2.16. The first-order valence-electron chi connectivity index (χ1n) is 7.37. The summed E-state index contributed by atoms with van der Waals surface area (Å²) in [5.41, 5.74) is 0.740. The molecule has 5 heteroatoms. The summed E-state index contributed by atoms with van der Waals surface area (Å²) in [5.74, 6) is 0.0174. The van der Waals surface area contributed by atoms with Gasteiger partial charge >= 0.3 is 0 Å². The van der Waals surface area contributed by atoms with Gasteiger partial charge < -0.3 is 4.90 Å². The Bertz CT molecular complexity index is 516. The summed E-state index contributed by atoms with van der Waals surface area (Å²) in [7, 11) is 1.81. The van der Waals surface area contributed by atoms with Gasteiger partial charge in [0.05, 0.1) is 0 Å². The normalized spacial score (nSPS) is 18.1. The third kappa shape index (κ3) is 3.56. The number of carbonyl (C=O) groups is 2. The second-order valence-electron chi connectivity index (χ2n) is 5.41. The smallest absolute Gasteiger partial charge is 0.245 e. The van der Waals surface area contributed by atoms with Crippen LogP contribution in [0.1, 0.15) is 32.6 Å². The van der Waals surface area contributed by atoms with Crippen LogP contribution in [0.2, 0.25) is 5.02 Å². The van der Waals surface area contributed by atoms with Gasteiger partial charge in [-0.05, 0) is 37.1 Å². The molecule has 0 N–H and O–H groups in total. The lowest BCUT2D eigenvalue weighted by Crippen LogP contribution is -2.45. The van der Waals surface area contributed by atoms with E-state index in [2.05, 4.69) is 6.92 Å². The maximum Gasteiger partial charge on any atom is 0.245 e. The van der Waals surface area contributed by atoms with Gasteiger partial charge in [-0.1, -0.05) is 24.9 Å². The van der Waals surface area contributed by atoms with Gasteiger partial charge in [-0.25, -0.2) is 0 Å². The Kier molecular flexibility index (Phi) is 5.23. The Morgan fingerprint density at radius 1 is 1.38 bits per heavy atom. The Morgan fingerprint density at radius 2 is 2.05 bits per heavy atom. The highest BCUT2D eigenvalue weighted by molar-refractivity contribution is 6.30. The van der Waals surface area contributed by atoms with E-state index in [9.17, 15) is 9.59 Å². The van der Waals surface area contributed by atoms with Crippen LogP contribution >= 0.6 is 11.6 Å². The van der Waals surface area contributed by atoms with Crippen LogP contribution in [0.25, 0.3) is 0 Å². The molecule has 0 aromatic heterocycles. The van der Waals surface area contributed by atoms with E-state index in [-0.39, 0.29) is 17.9 Å². The zero-order valence-corrected chi connectivity index (χ0v) is 13.3. The van der Waals surface area contributed by atoms with Gasteiger partial charge in [-0.2, -0.15) is 0 Å². The summed E-state index contributed by atoms with van der Waals surface area (Å²) < 4.78 is 0. The lowest BCUT2D eigenvalue weighted by molar-refractivity contribution is -0.131. The van der Waals surface area contributed by atoms with E-state index in [1.54, 1.807) is 41.1 Å². The maximum absolute atomic E-state index is 12.6. The molecule has 1 saturated heterocycles. The van der Waals surface area contributed by atoms with E-state index >= 15 is 0 Å². The highest BCUT2D eigenvalue weighted by Gasteiger charge is 2.38. The van der Waals surface area contributed by atoms with E-state index in [1.807, 2.05) is 0 Å². The average Bonchev–Trinajstić information content (AvgIpc) is 2.86. The molecule has 0 spiro atoms. The van der Waals surface area contributed by atoms with E-state index in [0.717, 1.165) is 25.1 Å². The van der Waals surface area contributed by atoms with Crippen molar-refractivity contribution in [3.63, 3.8) is 0 Å². The number of nitrogens with zero attached hydrogens (tertiary/aromatic N) is 2. The van der Waals surface area contributed by atoms with E-state index in [1.165, 1.54) is 0 Å². The zero-order chi connectivity index (χ0) is 15.4. The minimum absolute atomic E-state index is 0.000404. The van der Waals surface area contributed by atoms with Gasteiger partial charge in [-0.3, -0.25) is 14.5 Å². The SMILES string of the molecule is CCCCN(C)C(=O)C1CCC(=O)N1c1ccc(Cl)cc1. The first kappa shape index (κ1) is 15.8. The minimum atomic E-state index is -0.388. The molecule has 1 aromatic carbocycles. The molecule has 1 heterocycles. The Morgan fingerprint density at radius 3 is 2.67 bits per heavy atom. The zero-order valence-electron chi connectivity index (χ0n) is 12.5. The number of hydrogen-bond donors (Lipinski definition) is 0. The lowest BCUT2D eigenvalue weighted by Gasteiger charge is -2.28. The second-order valence-corrected chi connectivity index (χ2v) is 5.84. The molecule has 1 aromatic rings. The van der Waals surface area contributed by atoms with Crippen molar-refractivity contribution in [1.29, 1.82) is 0 Å². The van der Waals surface area contributed by atoms with E-state index in [0.29, 0.717) is 17.9 Å². The molecule has 0 aliphatic carbocycles.